The average Bonchev–Trinajstić information content (AvgIpc) is 3.10. The van der Waals surface area contributed by atoms with Crippen LogP contribution >= 0.6 is 31.9 Å². The summed E-state index contributed by atoms with van der Waals surface area (Å²) in [7, 11) is 0. The van der Waals surface area contributed by atoms with Crippen LogP contribution in [-0.2, 0) is 51.6 Å². The predicted octanol–water partition coefficient (Wildman–Crippen LogP) is 10.6. The third-order valence-electron chi connectivity index (χ3n) is 8.66. The fourth-order valence-electron chi connectivity index (χ4n) is 5.69. The largest absolute Gasteiger partial charge is 0.205 e. The zero-order valence-corrected chi connectivity index (χ0v) is 31.8. The molecule has 0 spiro atoms. The van der Waals surface area contributed by atoms with Crippen LogP contribution in [0.5, 0.6) is 0 Å². The lowest BCUT2D eigenvalue weighted by molar-refractivity contribution is -0.697. The minimum absolute atomic E-state index is 1.11. The Labute approximate surface area is 298 Å². The Morgan fingerprint density at radius 2 is 0.739 bits per heavy atom. The number of alkyl halides is 2. The van der Waals surface area contributed by atoms with Gasteiger partial charge in [-0.05, 0) is 111 Å². The van der Waals surface area contributed by atoms with E-state index in [2.05, 4.69) is 152 Å². The topological polar surface area (TPSA) is 7.76 Å². The van der Waals surface area contributed by atoms with Gasteiger partial charge in [0.05, 0.1) is 0 Å². The maximum Gasteiger partial charge on any atom is 0.171 e. The number of hydrogen-bond acceptors (Lipinski definition) is 0. The Kier molecular flexibility index (Phi) is 19.8. The number of rotatable bonds is 20. The van der Waals surface area contributed by atoms with E-state index in [1.165, 1.54) is 110 Å². The van der Waals surface area contributed by atoms with Gasteiger partial charge < -0.3 is 0 Å². The van der Waals surface area contributed by atoms with Crippen molar-refractivity contribution in [3.8, 4) is 0 Å². The van der Waals surface area contributed by atoms with Crippen molar-refractivity contribution in [2.75, 3.05) is 10.7 Å². The number of unbranched alkanes of at least 4 members (excludes halogenated alkanes) is 4. The highest BCUT2D eigenvalue weighted by molar-refractivity contribution is 9.09. The smallest absolute Gasteiger partial charge is 0.171 e. The second-order valence-corrected chi connectivity index (χ2v) is 14.0. The summed E-state index contributed by atoms with van der Waals surface area (Å²) in [6, 6.07) is 27.2. The molecule has 0 saturated carbocycles. The molecule has 248 valence electrons. The number of aromatic nitrogens is 2. The predicted molar refractivity (Wildman–Crippen MR) is 204 cm³/mol. The molecule has 0 aliphatic carbocycles. The molecule has 2 aromatic heterocycles. The summed E-state index contributed by atoms with van der Waals surface area (Å²) >= 11 is 6.93. The van der Waals surface area contributed by atoms with Crippen LogP contribution in [0.1, 0.15) is 98.6 Å². The molecule has 0 bridgehead atoms. The molecule has 0 fully saturated rings. The summed E-state index contributed by atoms with van der Waals surface area (Å²) in [4.78, 5) is 0. The van der Waals surface area contributed by atoms with Crippen LogP contribution in [0.3, 0.4) is 0 Å². The summed E-state index contributed by atoms with van der Waals surface area (Å²) in [6.07, 6.45) is 26.0. The molecule has 0 radical (unpaired) electrons. The molecule has 2 heterocycles. The lowest BCUT2D eigenvalue weighted by atomic mass is 10.0. The molecule has 46 heavy (non-hydrogen) atoms. The molecule has 0 saturated heterocycles. The van der Waals surface area contributed by atoms with E-state index in [-0.39, 0.29) is 0 Å². The van der Waals surface area contributed by atoms with E-state index in [1.807, 2.05) is 0 Å². The quantitative estimate of drug-likeness (QED) is 0.0483. The van der Waals surface area contributed by atoms with E-state index >= 15 is 0 Å². The highest BCUT2D eigenvalue weighted by atomic mass is 79.9. The Bertz CT molecular complexity index is 1230. The molecule has 0 aliphatic heterocycles. The van der Waals surface area contributed by atoms with Gasteiger partial charge in [0.2, 0.25) is 0 Å². The van der Waals surface area contributed by atoms with E-state index in [4.69, 9.17) is 0 Å². The van der Waals surface area contributed by atoms with Crippen LogP contribution < -0.4 is 9.13 Å². The molecular weight excluding hydrogens is 692 g/mol. The third-order valence-corrected chi connectivity index (χ3v) is 9.78. The minimum atomic E-state index is 1.11. The third kappa shape index (κ3) is 16.0. The van der Waals surface area contributed by atoms with Crippen molar-refractivity contribution in [2.45, 2.75) is 117 Å². The molecule has 0 aliphatic rings. The number of pyridine rings is 2. The average molecular weight is 751 g/mol. The first kappa shape index (κ1) is 38.2. The zero-order valence-electron chi connectivity index (χ0n) is 28.6. The highest BCUT2D eigenvalue weighted by Gasteiger charge is 2.04. The van der Waals surface area contributed by atoms with Gasteiger partial charge in [-0.3, -0.25) is 0 Å². The van der Waals surface area contributed by atoms with Gasteiger partial charge in [0.1, 0.15) is 13.1 Å². The minimum Gasteiger partial charge on any atom is -0.205 e. The molecule has 4 rings (SSSR count). The van der Waals surface area contributed by atoms with Gasteiger partial charge in [-0.2, -0.15) is 0 Å². The Balaban J connectivity index is 0.000000304. The van der Waals surface area contributed by atoms with Gasteiger partial charge in [-0.25, -0.2) is 9.13 Å². The summed E-state index contributed by atoms with van der Waals surface area (Å²) in [5.74, 6) is 0. The van der Waals surface area contributed by atoms with Gasteiger partial charge in [-0.15, -0.1) is 0 Å². The van der Waals surface area contributed by atoms with E-state index in [9.17, 15) is 0 Å². The van der Waals surface area contributed by atoms with E-state index < -0.39 is 0 Å². The fraction of sp³-hybridized carbons (Fsp3) is 0.476. The van der Waals surface area contributed by atoms with Crippen molar-refractivity contribution in [3.05, 3.63) is 131 Å². The fourth-order valence-corrected chi connectivity index (χ4v) is 6.48. The van der Waals surface area contributed by atoms with Crippen LogP contribution in [0.15, 0.2) is 97.6 Å². The molecule has 2 nitrogen and oxygen atoms in total. The van der Waals surface area contributed by atoms with Crippen LogP contribution in [-0.4, -0.2) is 10.7 Å². The SMILES string of the molecule is BrCCCCc1ccc(CCCCBr)cc1.CCc1ccc[n+](CCCCc2ccc(CCCC[n+]3cccc(CC)c3)cc2)c1. The first-order valence-corrected chi connectivity index (χ1v) is 20.1. The van der Waals surface area contributed by atoms with Crippen LogP contribution in [0.2, 0.25) is 0 Å². The molecule has 0 amide bonds. The first-order valence-electron chi connectivity index (χ1n) is 17.9. The number of nitrogens with zero attached hydrogens (tertiary/aromatic N) is 2. The van der Waals surface area contributed by atoms with E-state index in [0.29, 0.717) is 0 Å². The van der Waals surface area contributed by atoms with Crippen molar-refractivity contribution in [3.63, 3.8) is 0 Å². The van der Waals surface area contributed by atoms with Gasteiger partial charge in [0.15, 0.2) is 24.8 Å². The first-order chi connectivity index (χ1) is 22.6. The standard InChI is InChI=1S/C28H38N2.C14H20Br2/c1-3-25-13-9-21-29(23-25)19-7-5-11-27-15-17-28(18-16-27)12-6-8-20-30-22-10-14-26(4-2)24-30;15-11-3-1-5-13-7-9-14(10-8-13)6-2-4-12-16/h9-10,13-18,21-24H,3-8,11-12,19-20H2,1-2H3;7-10H,1-6,11-12H2/q+2;. The molecule has 0 atom stereocenters. The van der Waals surface area contributed by atoms with Gasteiger partial charge in [0, 0.05) is 46.8 Å². The Hall–Kier alpha value is -2.30. The monoisotopic (exact) mass is 748 g/mol. The number of hydrogen-bond donors (Lipinski definition) is 0. The lowest BCUT2D eigenvalue weighted by Gasteiger charge is -2.05. The lowest BCUT2D eigenvalue weighted by Crippen LogP contribution is -2.33. The zero-order chi connectivity index (χ0) is 32.7. The highest BCUT2D eigenvalue weighted by Crippen LogP contribution is 2.12. The second-order valence-electron chi connectivity index (χ2n) is 12.4. The van der Waals surface area contributed by atoms with Crippen molar-refractivity contribution in [1.82, 2.24) is 0 Å². The van der Waals surface area contributed by atoms with Crippen LogP contribution in [0.4, 0.5) is 0 Å². The normalized spacial score (nSPS) is 10.9. The molecule has 0 unspecified atom stereocenters. The van der Waals surface area contributed by atoms with E-state index in [0.717, 1.165) is 36.6 Å². The molecule has 4 aromatic rings. The Morgan fingerprint density at radius 3 is 1.04 bits per heavy atom. The number of aryl methyl sites for hydroxylation is 8. The van der Waals surface area contributed by atoms with Crippen molar-refractivity contribution in [1.29, 1.82) is 0 Å². The van der Waals surface area contributed by atoms with Gasteiger partial charge >= 0.3 is 0 Å². The molecule has 0 N–H and O–H groups in total. The molecular formula is C42H58Br2N2+2. The van der Waals surface area contributed by atoms with Crippen molar-refractivity contribution >= 4 is 31.9 Å². The van der Waals surface area contributed by atoms with Crippen LogP contribution in [0.25, 0.3) is 0 Å². The van der Waals surface area contributed by atoms with Crippen molar-refractivity contribution in [2.24, 2.45) is 0 Å². The summed E-state index contributed by atoms with van der Waals surface area (Å²) < 4.78 is 4.66. The maximum atomic E-state index is 3.47. The summed E-state index contributed by atoms with van der Waals surface area (Å²) in [5, 5.41) is 2.25. The maximum absolute atomic E-state index is 3.47. The summed E-state index contributed by atoms with van der Waals surface area (Å²) in [5.41, 5.74) is 8.73. The van der Waals surface area contributed by atoms with Crippen LogP contribution in [0, 0.1) is 0 Å². The second kappa shape index (κ2) is 23.9. The number of halogens is 2. The van der Waals surface area contributed by atoms with Gasteiger partial charge in [-0.1, -0.05) is 94.2 Å². The van der Waals surface area contributed by atoms with Crippen molar-refractivity contribution < 1.29 is 9.13 Å². The molecule has 4 heteroatoms. The summed E-state index contributed by atoms with van der Waals surface area (Å²) in [6.45, 7) is 6.66. The molecule has 2 aromatic carbocycles. The van der Waals surface area contributed by atoms with Gasteiger partial charge in [0.25, 0.3) is 0 Å². The Morgan fingerprint density at radius 1 is 0.413 bits per heavy atom. The van der Waals surface area contributed by atoms with E-state index in [1.54, 1.807) is 0 Å². The number of benzene rings is 2.